The molecular weight excluding hydrogens is 365 g/mol. The Morgan fingerprint density at radius 2 is 2.00 bits per heavy atom. The van der Waals surface area contributed by atoms with E-state index < -0.39 is 11.5 Å². The van der Waals surface area contributed by atoms with Crippen molar-refractivity contribution >= 4 is 11.5 Å². The summed E-state index contributed by atoms with van der Waals surface area (Å²) >= 11 is 0. The van der Waals surface area contributed by atoms with Crippen LogP contribution >= 0.6 is 0 Å². The Morgan fingerprint density at radius 1 is 1.29 bits per heavy atom. The Hall–Kier alpha value is -3.26. The number of ether oxygens (including phenoxy) is 1. The van der Waals surface area contributed by atoms with Gasteiger partial charge in [-0.1, -0.05) is 12.1 Å². The van der Waals surface area contributed by atoms with Crippen LogP contribution in [0.1, 0.15) is 41.6 Å². The second-order valence-corrected chi connectivity index (χ2v) is 6.63. The van der Waals surface area contributed by atoms with Crippen molar-refractivity contribution < 1.29 is 23.4 Å². The van der Waals surface area contributed by atoms with Crippen molar-refractivity contribution in [3.8, 4) is 0 Å². The molecule has 0 fully saturated rings. The van der Waals surface area contributed by atoms with Crippen molar-refractivity contribution in [1.29, 1.82) is 0 Å². The zero-order chi connectivity index (χ0) is 20.3. The van der Waals surface area contributed by atoms with Crippen LogP contribution in [-0.4, -0.2) is 32.8 Å². The molecule has 0 saturated carbocycles. The average Bonchev–Trinajstić information content (AvgIpc) is 3.33. The zero-order valence-electron chi connectivity index (χ0n) is 15.7. The van der Waals surface area contributed by atoms with Crippen molar-refractivity contribution in [1.82, 2.24) is 14.8 Å². The number of rotatable bonds is 7. The molecule has 0 aliphatic carbocycles. The van der Waals surface area contributed by atoms with Gasteiger partial charge in [0.15, 0.2) is 17.2 Å². The van der Waals surface area contributed by atoms with E-state index in [1.165, 1.54) is 36.3 Å². The van der Waals surface area contributed by atoms with Crippen LogP contribution in [0.25, 0.3) is 5.76 Å². The Balaban J connectivity index is 1.72. The van der Waals surface area contributed by atoms with Gasteiger partial charge in [-0.3, -0.25) is 4.79 Å². The quantitative estimate of drug-likeness (QED) is 0.379. The smallest absolute Gasteiger partial charge is 0.224 e. The van der Waals surface area contributed by atoms with Gasteiger partial charge in [0, 0.05) is 19.6 Å². The summed E-state index contributed by atoms with van der Waals surface area (Å²) in [6.45, 7) is 3.56. The fraction of sp³-hybridized carbons (Fsp3) is 0.250. The molecule has 0 amide bonds. The summed E-state index contributed by atoms with van der Waals surface area (Å²) in [5, 5.41) is 14.3. The van der Waals surface area contributed by atoms with Crippen LogP contribution in [0, 0.1) is 5.82 Å². The number of halogens is 1. The first-order valence-electron chi connectivity index (χ1n) is 8.54. The molecule has 0 unspecified atom stereocenters. The summed E-state index contributed by atoms with van der Waals surface area (Å²) in [7, 11) is 1.53. The van der Waals surface area contributed by atoms with Gasteiger partial charge in [0.1, 0.15) is 17.9 Å². The molecule has 0 radical (unpaired) electrons. The van der Waals surface area contributed by atoms with E-state index in [2.05, 4.69) is 10.1 Å². The second kappa shape index (κ2) is 7.77. The lowest BCUT2D eigenvalue weighted by Crippen LogP contribution is -2.28. The fourth-order valence-electron chi connectivity index (χ4n) is 2.40. The highest BCUT2D eigenvalue weighted by molar-refractivity contribution is 6.05. The van der Waals surface area contributed by atoms with Crippen LogP contribution < -0.4 is 0 Å². The number of furan rings is 1. The largest absolute Gasteiger partial charge is 0.504 e. The molecule has 0 atom stereocenters. The predicted molar refractivity (Wildman–Crippen MR) is 99.2 cm³/mol. The summed E-state index contributed by atoms with van der Waals surface area (Å²) in [5.74, 6) is -0.606. The Kier molecular flexibility index (Phi) is 5.41. The van der Waals surface area contributed by atoms with Gasteiger partial charge >= 0.3 is 0 Å². The molecule has 0 saturated heterocycles. The van der Waals surface area contributed by atoms with Crippen molar-refractivity contribution in [3.05, 3.63) is 77.5 Å². The maximum absolute atomic E-state index is 13.0. The SMILES string of the molecule is COC(C)(C)n1cnc(/C(O)=C/C(=O)c2ccc(Cc3ccc(F)cc3)o2)n1. The molecule has 1 aromatic carbocycles. The van der Waals surface area contributed by atoms with Crippen molar-refractivity contribution in [2.45, 2.75) is 26.0 Å². The lowest BCUT2D eigenvalue weighted by atomic mass is 10.1. The van der Waals surface area contributed by atoms with Crippen molar-refractivity contribution in [2.24, 2.45) is 0 Å². The van der Waals surface area contributed by atoms with E-state index in [0.717, 1.165) is 11.6 Å². The Morgan fingerprint density at radius 3 is 2.68 bits per heavy atom. The molecule has 0 spiro atoms. The number of carbonyl (C=O) groups excluding carboxylic acids is 1. The van der Waals surface area contributed by atoms with Gasteiger partial charge in [0.05, 0.1) is 0 Å². The fourth-order valence-corrected chi connectivity index (χ4v) is 2.40. The number of aliphatic hydroxyl groups is 1. The molecule has 28 heavy (non-hydrogen) atoms. The van der Waals surface area contributed by atoms with E-state index in [4.69, 9.17) is 9.15 Å². The zero-order valence-corrected chi connectivity index (χ0v) is 15.7. The minimum absolute atomic E-state index is 0.00318. The third-order valence-corrected chi connectivity index (χ3v) is 4.24. The molecule has 3 rings (SSSR count). The minimum Gasteiger partial charge on any atom is -0.504 e. The topological polar surface area (TPSA) is 90.4 Å². The first kappa shape index (κ1) is 19.5. The molecule has 2 heterocycles. The van der Waals surface area contributed by atoms with Crippen LogP contribution in [-0.2, 0) is 16.9 Å². The number of methoxy groups -OCH3 is 1. The number of aliphatic hydroxyl groups excluding tert-OH is 1. The monoisotopic (exact) mass is 385 g/mol. The number of carbonyl (C=O) groups is 1. The maximum atomic E-state index is 13.0. The van der Waals surface area contributed by atoms with E-state index in [1.807, 2.05) is 0 Å². The molecule has 0 aliphatic heterocycles. The summed E-state index contributed by atoms with van der Waals surface area (Å²) in [5.41, 5.74) is 0.106. The first-order valence-corrected chi connectivity index (χ1v) is 8.54. The number of hydrogen-bond donors (Lipinski definition) is 1. The third kappa shape index (κ3) is 4.34. The molecule has 7 nitrogen and oxygen atoms in total. The van der Waals surface area contributed by atoms with Crippen molar-refractivity contribution in [3.63, 3.8) is 0 Å². The van der Waals surface area contributed by atoms with Crippen LogP contribution in [0.15, 0.2) is 53.2 Å². The number of aromatic nitrogens is 3. The van der Waals surface area contributed by atoms with Crippen LogP contribution in [0.3, 0.4) is 0 Å². The van der Waals surface area contributed by atoms with Crippen LogP contribution in [0.2, 0.25) is 0 Å². The Labute approximate surface area is 161 Å². The molecule has 2 aromatic heterocycles. The molecule has 1 N–H and O–H groups in total. The summed E-state index contributed by atoms with van der Waals surface area (Å²) in [6, 6.07) is 9.20. The van der Waals surface area contributed by atoms with E-state index in [0.29, 0.717) is 12.2 Å². The molecule has 146 valence electrons. The van der Waals surface area contributed by atoms with Gasteiger partial charge in [0.2, 0.25) is 11.6 Å². The first-order chi connectivity index (χ1) is 13.3. The van der Waals surface area contributed by atoms with Crippen LogP contribution in [0.5, 0.6) is 0 Å². The Bertz CT molecular complexity index is 1000. The standard InChI is InChI=1S/C20H20FN3O4/c1-20(2,27-3)24-12-22-19(23-24)17(26)11-16(25)18-9-8-15(28-18)10-13-4-6-14(21)7-5-13/h4-9,11-12,26H,10H2,1-3H3/b17-11-. The number of allylic oxidation sites excluding steroid dienone is 1. The minimum atomic E-state index is -0.744. The highest BCUT2D eigenvalue weighted by Gasteiger charge is 2.22. The van der Waals surface area contributed by atoms with Gasteiger partial charge in [-0.25, -0.2) is 14.1 Å². The summed E-state index contributed by atoms with van der Waals surface area (Å²) in [6.07, 6.45) is 2.82. The predicted octanol–water partition coefficient (Wildman–Crippen LogP) is 3.72. The lowest BCUT2D eigenvalue weighted by Gasteiger charge is -2.22. The normalized spacial score (nSPS) is 12.4. The molecule has 0 aliphatic rings. The number of nitrogens with zero attached hydrogens (tertiary/aromatic N) is 3. The number of benzene rings is 1. The van der Waals surface area contributed by atoms with Gasteiger partial charge in [-0.05, 0) is 43.7 Å². The second-order valence-electron chi connectivity index (χ2n) is 6.63. The van der Waals surface area contributed by atoms with Gasteiger partial charge < -0.3 is 14.3 Å². The van der Waals surface area contributed by atoms with Gasteiger partial charge in [-0.15, -0.1) is 5.10 Å². The van der Waals surface area contributed by atoms with E-state index in [9.17, 15) is 14.3 Å². The van der Waals surface area contributed by atoms with Crippen LogP contribution in [0.4, 0.5) is 4.39 Å². The van der Waals surface area contributed by atoms with E-state index in [-0.39, 0.29) is 23.2 Å². The summed E-state index contributed by atoms with van der Waals surface area (Å²) in [4.78, 5) is 16.3. The van der Waals surface area contributed by atoms with Crippen molar-refractivity contribution in [2.75, 3.05) is 7.11 Å². The molecular formula is C20H20FN3O4. The highest BCUT2D eigenvalue weighted by atomic mass is 19.1. The number of hydrogen-bond acceptors (Lipinski definition) is 6. The summed E-state index contributed by atoms with van der Waals surface area (Å²) < 4.78 is 25.2. The maximum Gasteiger partial charge on any atom is 0.224 e. The lowest BCUT2D eigenvalue weighted by molar-refractivity contribution is -0.0552. The molecule has 3 aromatic rings. The molecule has 8 heteroatoms. The van der Waals surface area contributed by atoms with E-state index >= 15 is 0 Å². The number of ketones is 1. The van der Waals surface area contributed by atoms with Gasteiger partial charge in [0.25, 0.3) is 0 Å². The van der Waals surface area contributed by atoms with Gasteiger partial charge in [-0.2, -0.15) is 0 Å². The molecule has 0 bridgehead atoms. The van der Waals surface area contributed by atoms with E-state index in [1.54, 1.807) is 32.0 Å². The highest BCUT2D eigenvalue weighted by Crippen LogP contribution is 2.18. The third-order valence-electron chi connectivity index (χ3n) is 4.24. The average molecular weight is 385 g/mol.